The lowest BCUT2D eigenvalue weighted by Crippen LogP contribution is -2.08. The van der Waals surface area contributed by atoms with Gasteiger partial charge in [-0.1, -0.05) is 24.6 Å². The molecule has 0 aromatic carbocycles. The number of nitrogens with zero attached hydrogens (tertiary/aromatic N) is 6. The van der Waals surface area contributed by atoms with E-state index in [1.807, 2.05) is 11.6 Å². The second-order valence-electron chi connectivity index (χ2n) is 6.61. The van der Waals surface area contributed by atoms with Gasteiger partial charge >= 0.3 is 5.97 Å². The first-order valence-corrected chi connectivity index (χ1v) is 11.0. The monoisotopic (exact) mass is 419 g/mol. The van der Waals surface area contributed by atoms with E-state index in [-0.39, 0.29) is 5.97 Å². The third-order valence-corrected chi connectivity index (χ3v) is 6.88. The van der Waals surface area contributed by atoms with Crippen LogP contribution in [0.5, 0.6) is 0 Å². The van der Waals surface area contributed by atoms with Crippen molar-refractivity contribution in [1.82, 2.24) is 30.2 Å². The smallest absolute Gasteiger partial charge is 0.348 e. The molecule has 0 amide bonds. The predicted molar refractivity (Wildman–Crippen MR) is 107 cm³/mol. The maximum atomic E-state index is 12.1. The molecule has 9 nitrogen and oxygen atoms in total. The fourth-order valence-electron chi connectivity index (χ4n) is 3.46. The highest BCUT2D eigenvalue weighted by atomic mass is 32.2. The van der Waals surface area contributed by atoms with Crippen molar-refractivity contribution in [3.63, 3.8) is 0 Å². The van der Waals surface area contributed by atoms with Gasteiger partial charge in [0.25, 0.3) is 0 Å². The van der Waals surface area contributed by atoms with Gasteiger partial charge in [-0.05, 0) is 42.7 Å². The van der Waals surface area contributed by atoms with Crippen LogP contribution in [0.4, 0.5) is 5.82 Å². The molecule has 0 atom stereocenters. The van der Waals surface area contributed by atoms with E-state index in [2.05, 4.69) is 25.5 Å². The van der Waals surface area contributed by atoms with Gasteiger partial charge in [-0.2, -0.15) is 0 Å². The summed E-state index contributed by atoms with van der Waals surface area (Å²) >= 11 is 2.78. The Balaban J connectivity index is 1.57. The number of ether oxygens (including phenoxy) is 1. The topological polar surface area (TPSA) is 122 Å². The van der Waals surface area contributed by atoms with Gasteiger partial charge in [0, 0.05) is 0 Å². The molecule has 0 spiro atoms. The average molecular weight is 420 g/mol. The van der Waals surface area contributed by atoms with Crippen molar-refractivity contribution in [1.29, 1.82) is 0 Å². The van der Waals surface area contributed by atoms with Crippen LogP contribution < -0.4 is 5.73 Å². The second kappa shape index (κ2) is 8.00. The number of thioether (sulfide) groups is 1. The van der Waals surface area contributed by atoms with Gasteiger partial charge < -0.3 is 10.5 Å². The van der Waals surface area contributed by atoms with E-state index in [9.17, 15) is 4.79 Å². The van der Waals surface area contributed by atoms with Crippen molar-refractivity contribution in [2.45, 2.75) is 56.5 Å². The predicted octanol–water partition coefficient (Wildman–Crippen LogP) is 3.15. The molecule has 28 heavy (non-hydrogen) atoms. The largest absolute Gasteiger partial charge is 0.462 e. The lowest BCUT2D eigenvalue weighted by molar-refractivity contribution is 0.0531. The van der Waals surface area contributed by atoms with Crippen LogP contribution in [0.2, 0.25) is 0 Å². The number of hydrogen-bond acceptors (Lipinski definition) is 10. The van der Waals surface area contributed by atoms with Crippen molar-refractivity contribution < 1.29 is 9.53 Å². The number of nitrogen functional groups attached to an aromatic ring is 1. The number of esters is 1. The van der Waals surface area contributed by atoms with E-state index in [0.29, 0.717) is 39.8 Å². The van der Waals surface area contributed by atoms with Gasteiger partial charge in [0.15, 0.2) is 0 Å². The van der Waals surface area contributed by atoms with Gasteiger partial charge in [-0.15, -0.1) is 16.4 Å². The number of thiophene rings is 1. The molecule has 4 rings (SSSR count). The zero-order valence-corrected chi connectivity index (χ0v) is 17.3. The molecule has 1 aliphatic rings. The van der Waals surface area contributed by atoms with Crippen molar-refractivity contribution in [3.8, 4) is 0 Å². The van der Waals surface area contributed by atoms with E-state index >= 15 is 0 Å². The van der Waals surface area contributed by atoms with Crippen molar-refractivity contribution in [2.75, 3.05) is 12.3 Å². The standard InChI is InChI=1S/C17H21N7O2S2/c1-3-26-16(25)13-9(2)12-14(18)19-11(20-15(12)28-13)8-27-17-21-22-23-24(17)10-6-4-5-7-10/h10H,3-8H2,1-2H3,(H2,18,19,20). The number of carbonyl (C=O) groups excluding carboxylic acids is 1. The Kier molecular flexibility index (Phi) is 5.44. The second-order valence-corrected chi connectivity index (χ2v) is 8.56. The van der Waals surface area contributed by atoms with Crippen LogP contribution in [0, 0.1) is 6.92 Å². The minimum atomic E-state index is -0.353. The molecule has 11 heteroatoms. The zero-order valence-electron chi connectivity index (χ0n) is 15.7. The van der Waals surface area contributed by atoms with Crippen LogP contribution in [0.25, 0.3) is 10.2 Å². The molecule has 0 aliphatic heterocycles. The number of anilines is 1. The van der Waals surface area contributed by atoms with E-state index < -0.39 is 0 Å². The number of hydrogen-bond donors (Lipinski definition) is 1. The number of aromatic nitrogens is 6. The van der Waals surface area contributed by atoms with E-state index in [1.54, 1.807) is 6.92 Å². The number of fused-ring (bicyclic) bond motifs is 1. The summed E-state index contributed by atoms with van der Waals surface area (Å²) in [5.41, 5.74) is 6.94. The minimum Gasteiger partial charge on any atom is -0.462 e. The van der Waals surface area contributed by atoms with E-state index in [4.69, 9.17) is 10.5 Å². The zero-order chi connectivity index (χ0) is 19.7. The number of aryl methyl sites for hydroxylation is 1. The molecule has 148 valence electrons. The maximum Gasteiger partial charge on any atom is 0.348 e. The third kappa shape index (κ3) is 3.55. The third-order valence-electron chi connectivity index (χ3n) is 4.79. The highest BCUT2D eigenvalue weighted by molar-refractivity contribution is 7.98. The number of rotatable bonds is 6. The van der Waals surface area contributed by atoms with E-state index in [1.165, 1.54) is 35.9 Å². The molecule has 1 aliphatic carbocycles. The first-order chi connectivity index (χ1) is 13.6. The highest BCUT2D eigenvalue weighted by Gasteiger charge is 2.23. The molecule has 1 fully saturated rings. The first kappa shape index (κ1) is 19.1. The van der Waals surface area contributed by atoms with Gasteiger partial charge in [-0.25, -0.2) is 19.4 Å². The van der Waals surface area contributed by atoms with Crippen LogP contribution in [0.3, 0.4) is 0 Å². The van der Waals surface area contributed by atoms with E-state index in [0.717, 1.165) is 28.9 Å². The normalized spacial score (nSPS) is 14.8. The van der Waals surface area contributed by atoms with Crippen LogP contribution in [0.15, 0.2) is 5.16 Å². The Labute approximate surface area is 170 Å². The van der Waals surface area contributed by atoms with Gasteiger partial charge in [0.05, 0.1) is 23.8 Å². The molecule has 0 radical (unpaired) electrons. The lowest BCUT2D eigenvalue weighted by atomic mass is 10.2. The molecule has 2 N–H and O–H groups in total. The molecule has 0 unspecified atom stereocenters. The maximum absolute atomic E-state index is 12.1. The Morgan fingerprint density at radius 2 is 2.14 bits per heavy atom. The summed E-state index contributed by atoms with van der Waals surface area (Å²) < 4.78 is 7.03. The van der Waals surface area contributed by atoms with Crippen LogP contribution in [0.1, 0.15) is 59.7 Å². The Bertz CT molecular complexity index is 1010. The molecule has 3 heterocycles. The molecule has 0 saturated heterocycles. The summed E-state index contributed by atoms with van der Waals surface area (Å²) in [4.78, 5) is 22.4. The lowest BCUT2D eigenvalue weighted by Gasteiger charge is -2.10. The summed E-state index contributed by atoms with van der Waals surface area (Å²) in [6.45, 7) is 3.95. The summed E-state index contributed by atoms with van der Waals surface area (Å²) in [7, 11) is 0. The molecular weight excluding hydrogens is 398 g/mol. The first-order valence-electron chi connectivity index (χ1n) is 9.21. The van der Waals surface area contributed by atoms with Gasteiger partial charge in [0.2, 0.25) is 5.16 Å². The summed E-state index contributed by atoms with van der Waals surface area (Å²) in [6, 6.07) is 0.373. The molecule has 1 saturated carbocycles. The fourth-order valence-corrected chi connectivity index (χ4v) is 5.36. The summed E-state index contributed by atoms with van der Waals surface area (Å²) in [6.07, 6.45) is 4.65. The molecular formula is C17H21N7O2S2. The number of tetrazole rings is 1. The van der Waals surface area contributed by atoms with Crippen molar-refractivity contribution in [3.05, 3.63) is 16.3 Å². The van der Waals surface area contributed by atoms with Crippen LogP contribution >= 0.6 is 23.1 Å². The fraction of sp³-hybridized carbons (Fsp3) is 0.529. The van der Waals surface area contributed by atoms with Crippen molar-refractivity contribution >= 4 is 45.1 Å². The molecule has 0 bridgehead atoms. The number of carbonyl (C=O) groups is 1. The van der Waals surface area contributed by atoms with Gasteiger partial charge in [-0.3, -0.25) is 0 Å². The van der Waals surface area contributed by atoms with Crippen molar-refractivity contribution in [2.24, 2.45) is 0 Å². The number of nitrogens with two attached hydrogens (primary N) is 1. The average Bonchev–Trinajstić information content (AvgIpc) is 3.40. The summed E-state index contributed by atoms with van der Waals surface area (Å²) in [5.74, 6) is 1.11. The highest BCUT2D eigenvalue weighted by Crippen LogP contribution is 2.35. The molecule has 3 aromatic rings. The molecule has 3 aromatic heterocycles. The SMILES string of the molecule is CCOC(=O)c1sc2nc(CSc3nnnn3C3CCCC3)nc(N)c2c1C. The van der Waals surface area contributed by atoms with Gasteiger partial charge in [0.1, 0.15) is 21.3 Å². The Morgan fingerprint density at radius 1 is 1.36 bits per heavy atom. The Morgan fingerprint density at radius 3 is 2.89 bits per heavy atom. The minimum absolute atomic E-state index is 0.325. The van der Waals surface area contributed by atoms with Crippen LogP contribution in [-0.4, -0.2) is 42.8 Å². The Hall–Kier alpha value is -2.27. The quantitative estimate of drug-likeness (QED) is 0.474. The van der Waals surface area contributed by atoms with Crippen LogP contribution in [-0.2, 0) is 10.5 Å². The summed E-state index contributed by atoms with van der Waals surface area (Å²) in [5, 5.41) is 13.6.